The summed E-state index contributed by atoms with van der Waals surface area (Å²) in [5.41, 5.74) is -0.412. The smallest absolute Gasteiger partial charge is 0.407 e. The van der Waals surface area contributed by atoms with Crippen LogP contribution < -0.4 is 5.32 Å². The van der Waals surface area contributed by atoms with Crippen LogP contribution >= 0.6 is 0 Å². The number of carbonyl (C=O) groups is 1. The van der Waals surface area contributed by atoms with E-state index < -0.39 is 5.60 Å². The largest absolute Gasteiger partial charge is 0.444 e. The van der Waals surface area contributed by atoms with Gasteiger partial charge in [0.25, 0.3) is 0 Å². The van der Waals surface area contributed by atoms with Crippen LogP contribution in [0.1, 0.15) is 60.3 Å². The summed E-state index contributed by atoms with van der Waals surface area (Å²) in [4.78, 5) is 11.6. The number of ether oxygens (including phenoxy) is 1. The molecule has 0 aliphatic heterocycles. The normalized spacial score (nSPS) is 27.4. The second-order valence-corrected chi connectivity index (χ2v) is 6.45. The highest BCUT2D eigenvalue weighted by molar-refractivity contribution is 5.68. The molecule has 100 valence electrons. The van der Waals surface area contributed by atoms with Crippen LogP contribution in [0.2, 0.25) is 0 Å². The maximum atomic E-state index is 11.6. The van der Waals surface area contributed by atoms with Gasteiger partial charge in [-0.2, -0.15) is 0 Å². The fraction of sp³-hybridized carbons (Fsp3) is 0.929. The Morgan fingerprint density at radius 1 is 1.24 bits per heavy atom. The number of carbonyl (C=O) groups excluding carboxylic acids is 1. The van der Waals surface area contributed by atoms with E-state index in [1.54, 1.807) is 0 Å². The van der Waals surface area contributed by atoms with Crippen LogP contribution in [0.4, 0.5) is 4.79 Å². The molecule has 0 saturated heterocycles. The number of nitrogens with one attached hydrogen (secondary N) is 1. The molecule has 1 N–H and O–H groups in total. The van der Waals surface area contributed by atoms with E-state index in [9.17, 15) is 4.79 Å². The van der Waals surface area contributed by atoms with Crippen LogP contribution in [0.5, 0.6) is 0 Å². The van der Waals surface area contributed by atoms with Gasteiger partial charge in [-0.25, -0.2) is 4.79 Å². The monoisotopic (exact) mass is 241 g/mol. The third-order valence-electron chi connectivity index (χ3n) is 3.51. The van der Waals surface area contributed by atoms with Crippen molar-refractivity contribution in [3.8, 4) is 0 Å². The molecule has 0 radical (unpaired) electrons. The van der Waals surface area contributed by atoms with Crippen molar-refractivity contribution in [2.75, 3.05) is 0 Å². The lowest BCUT2D eigenvalue weighted by atomic mass is 9.80. The van der Waals surface area contributed by atoms with Crippen molar-refractivity contribution in [1.82, 2.24) is 5.32 Å². The molecule has 0 aromatic heterocycles. The zero-order valence-corrected chi connectivity index (χ0v) is 11.9. The van der Waals surface area contributed by atoms with Crippen molar-refractivity contribution in [3.05, 3.63) is 0 Å². The number of rotatable bonds is 2. The third-order valence-corrected chi connectivity index (χ3v) is 3.51. The molecule has 1 aliphatic rings. The average molecular weight is 241 g/mol. The Morgan fingerprint density at radius 2 is 1.76 bits per heavy atom. The Hall–Kier alpha value is -0.730. The SMILES string of the molecule is CC(NC(=O)OC(C)(C)C)[C@H]1CC[C@H](C)CC1. The zero-order chi connectivity index (χ0) is 13.1. The lowest BCUT2D eigenvalue weighted by Crippen LogP contribution is -2.42. The van der Waals surface area contributed by atoms with Crippen LogP contribution in [0, 0.1) is 11.8 Å². The van der Waals surface area contributed by atoms with Gasteiger partial charge < -0.3 is 10.1 Å². The molecule has 1 unspecified atom stereocenters. The molecule has 1 amide bonds. The lowest BCUT2D eigenvalue weighted by molar-refractivity contribution is 0.0481. The number of alkyl carbamates (subject to hydrolysis) is 1. The second kappa shape index (κ2) is 5.74. The molecule has 1 fully saturated rings. The highest BCUT2D eigenvalue weighted by Gasteiger charge is 2.25. The second-order valence-electron chi connectivity index (χ2n) is 6.45. The van der Waals surface area contributed by atoms with Gasteiger partial charge in [0, 0.05) is 6.04 Å². The van der Waals surface area contributed by atoms with Crippen molar-refractivity contribution < 1.29 is 9.53 Å². The van der Waals surface area contributed by atoms with Gasteiger partial charge in [-0.05, 0) is 52.4 Å². The number of amides is 1. The zero-order valence-electron chi connectivity index (χ0n) is 11.9. The van der Waals surface area contributed by atoms with Crippen LogP contribution in [0.3, 0.4) is 0 Å². The minimum atomic E-state index is -0.412. The molecule has 1 saturated carbocycles. The maximum absolute atomic E-state index is 11.6. The standard InChI is InChI=1S/C14H27NO2/c1-10-6-8-12(9-7-10)11(2)15-13(16)17-14(3,4)5/h10-12H,6-9H2,1-5H3,(H,15,16)/t10-,11?,12-. The first-order valence-electron chi connectivity index (χ1n) is 6.77. The van der Waals surface area contributed by atoms with Gasteiger partial charge in [0.05, 0.1) is 0 Å². The summed E-state index contributed by atoms with van der Waals surface area (Å²) >= 11 is 0. The Bertz CT molecular complexity index is 249. The predicted molar refractivity (Wildman–Crippen MR) is 70.0 cm³/mol. The molecule has 0 bridgehead atoms. The summed E-state index contributed by atoms with van der Waals surface area (Å²) in [6, 6.07) is 0.220. The molecule has 3 heteroatoms. The predicted octanol–water partition coefficient (Wildman–Crippen LogP) is 3.73. The van der Waals surface area contributed by atoms with Gasteiger partial charge in [0.2, 0.25) is 0 Å². The molecule has 1 rings (SSSR count). The van der Waals surface area contributed by atoms with Gasteiger partial charge in [-0.15, -0.1) is 0 Å². The summed E-state index contributed by atoms with van der Waals surface area (Å²) < 4.78 is 5.27. The molecule has 0 heterocycles. The molecule has 1 aliphatic carbocycles. The Labute approximate surface area is 105 Å². The quantitative estimate of drug-likeness (QED) is 0.800. The molecular weight excluding hydrogens is 214 g/mol. The summed E-state index contributed by atoms with van der Waals surface area (Å²) in [5, 5.41) is 2.96. The molecule has 0 aromatic carbocycles. The van der Waals surface area contributed by atoms with Crippen molar-refractivity contribution in [3.63, 3.8) is 0 Å². The molecule has 0 aromatic rings. The van der Waals surface area contributed by atoms with Crippen LogP contribution in [-0.4, -0.2) is 17.7 Å². The van der Waals surface area contributed by atoms with E-state index in [0.717, 1.165) is 5.92 Å². The highest BCUT2D eigenvalue weighted by Crippen LogP contribution is 2.30. The molecule has 17 heavy (non-hydrogen) atoms. The summed E-state index contributed by atoms with van der Waals surface area (Å²) in [7, 11) is 0. The minimum Gasteiger partial charge on any atom is -0.444 e. The first-order chi connectivity index (χ1) is 7.78. The van der Waals surface area contributed by atoms with E-state index >= 15 is 0 Å². The fourth-order valence-corrected chi connectivity index (χ4v) is 2.40. The summed E-state index contributed by atoms with van der Waals surface area (Å²) in [5.74, 6) is 1.46. The fourth-order valence-electron chi connectivity index (χ4n) is 2.40. The van der Waals surface area contributed by atoms with Crippen LogP contribution in [0.15, 0.2) is 0 Å². The van der Waals surface area contributed by atoms with Crippen LogP contribution in [0.25, 0.3) is 0 Å². The van der Waals surface area contributed by atoms with Gasteiger partial charge in [-0.3, -0.25) is 0 Å². The Kier molecular flexibility index (Phi) is 4.84. The number of hydrogen-bond acceptors (Lipinski definition) is 2. The van der Waals surface area contributed by atoms with Crippen molar-refractivity contribution >= 4 is 6.09 Å². The topological polar surface area (TPSA) is 38.3 Å². The van der Waals surface area contributed by atoms with Crippen molar-refractivity contribution in [1.29, 1.82) is 0 Å². The van der Waals surface area contributed by atoms with Gasteiger partial charge in [0.1, 0.15) is 5.60 Å². The van der Waals surface area contributed by atoms with Gasteiger partial charge in [-0.1, -0.05) is 19.8 Å². The number of hydrogen-bond donors (Lipinski definition) is 1. The van der Waals surface area contributed by atoms with E-state index in [1.165, 1.54) is 25.7 Å². The van der Waals surface area contributed by atoms with Crippen molar-refractivity contribution in [2.45, 2.75) is 71.9 Å². The van der Waals surface area contributed by atoms with Crippen LogP contribution in [-0.2, 0) is 4.74 Å². The Balaban J connectivity index is 2.33. The van der Waals surface area contributed by atoms with E-state index in [1.807, 2.05) is 20.8 Å². The van der Waals surface area contributed by atoms with Gasteiger partial charge in [0.15, 0.2) is 0 Å². The molecule has 0 spiro atoms. The Morgan fingerprint density at radius 3 is 2.24 bits per heavy atom. The molecule has 1 atom stereocenters. The lowest BCUT2D eigenvalue weighted by Gasteiger charge is -2.31. The van der Waals surface area contributed by atoms with Gasteiger partial charge >= 0.3 is 6.09 Å². The maximum Gasteiger partial charge on any atom is 0.407 e. The molecular formula is C14H27NO2. The third kappa shape index (κ3) is 5.42. The molecule has 3 nitrogen and oxygen atoms in total. The summed E-state index contributed by atoms with van der Waals surface area (Å²) in [6.45, 7) is 10.1. The minimum absolute atomic E-state index is 0.220. The highest BCUT2D eigenvalue weighted by atomic mass is 16.6. The van der Waals surface area contributed by atoms with E-state index in [-0.39, 0.29) is 12.1 Å². The first kappa shape index (κ1) is 14.3. The average Bonchev–Trinajstić information content (AvgIpc) is 2.15. The first-order valence-corrected chi connectivity index (χ1v) is 6.77. The summed E-state index contributed by atoms with van der Waals surface area (Å²) in [6.07, 6.45) is 4.72. The van der Waals surface area contributed by atoms with E-state index in [2.05, 4.69) is 19.2 Å². The van der Waals surface area contributed by atoms with Crippen molar-refractivity contribution in [2.24, 2.45) is 11.8 Å². The van der Waals surface area contributed by atoms with E-state index in [4.69, 9.17) is 4.74 Å². The van der Waals surface area contributed by atoms with E-state index in [0.29, 0.717) is 5.92 Å².